The molecule has 3 aromatic rings. The summed E-state index contributed by atoms with van der Waals surface area (Å²) >= 11 is 3.11. The van der Waals surface area contributed by atoms with Gasteiger partial charge in [0.25, 0.3) is 0 Å². The summed E-state index contributed by atoms with van der Waals surface area (Å²) in [5, 5.41) is 7.55. The predicted octanol–water partition coefficient (Wildman–Crippen LogP) is 4.87. The number of rotatable bonds is 4. The quantitative estimate of drug-likeness (QED) is 0.677. The van der Waals surface area contributed by atoms with Crippen molar-refractivity contribution in [2.24, 2.45) is 0 Å². The Kier molecular flexibility index (Phi) is 4.87. The van der Waals surface area contributed by atoms with Crippen molar-refractivity contribution >= 4 is 45.0 Å². The van der Waals surface area contributed by atoms with E-state index in [0.29, 0.717) is 5.13 Å². The first-order valence-corrected chi connectivity index (χ1v) is 9.52. The lowest BCUT2D eigenvalue weighted by atomic mass is 10.0. The number of nitrogens with one attached hydrogen (secondary N) is 1. The van der Waals surface area contributed by atoms with Gasteiger partial charge in [-0.25, -0.2) is 9.97 Å². The molecular weight excluding hydrogens is 338 g/mol. The molecule has 1 amide bonds. The highest BCUT2D eigenvalue weighted by atomic mass is 32.2. The van der Waals surface area contributed by atoms with Gasteiger partial charge in [-0.05, 0) is 44.0 Å². The maximum absolute atomic E-state index is 11.1. The first kappa shape index (κ1) is 16.9. The number of amides is 1. The van der Waals surface area contributed by atoms with E-state index >= 15 is 0 Å². The highest BCUT2D eigenvalue weighted by Crippen LogP contribution is 2.29. The van der Waals surface area contributed by atoms with Crippen LogP contribution >= 0.6 is 23.1 Å². The molecule has 0 aliphatic heterocycles. The molecule has 0 aliphatic rings. The second-order valence-electron chi connectivity index (χ2n) is 5.87. The molecule has 124 valence electrons. The summed E-state index contributed by atoms with van der Waals surface area (Å²) in [6.07, 6.45) is 0. The van der Waals surface area contributed by atoms with Gasteiger partial charge in [0.1, 0.15) is 0 Å². The van der Waals surface area contributed by atoms with E-state index < -0.39 is 0 Å². The summed E-state index contributed by atoms with van der Waals surface area (Å²) in [5.41, 5.74) is 5.73. The van der Waals surface area contributed by atoms with E-state index in [1.54, 1.807) is 11.8 Å². The van der Waals surface area contributed by atoms with Crippen molar-refractivity contribution < 1.29 is 4.79 Å². The smallest absolute Gasteiger partial charge is 0.223 e. The van der Waals surface area contributed by atoms with Crippen LogP contribution in [0.25, 0.3) is 10.9 Å². The minimum absolute atomic E-state index is 0.0962. The van der Waals surface area contributed by atoms with Crippen molar-refractivity contribution in [1.29, 1.82) is 0 Å². The standard InChI is InChI=1S/C18H19N3OS2/c1-10-5-12(3)17-15(6-10)11(2)7-16(21-17)23-8-14-9-24-18(20-14)19-13(4)22/h5-7,9H,8H2,1-4H3,(H,19,20,22). The fourth-order valence-electron chi connectivity index (χ4n) is 2.62. The van der Waals surface area contributed by atoms with Crippen LogP contribution < -0.4 is 5.32 Å². The molecule has 24 heavy (non-hydrogen) atoms. The number of hydrogen-bond acceptors (Lipinski definition) is 5. The van der Waals surface area contributed by atoms with Gasteiger partial charge in [-0.1, -0.05) is 23.4 Å². The molecule has 0 saturated carbocycles. The number of benzene rings is 1. The second-order valence-corrected chi connectivity index (χ2v) is 7.72. The maximum Gasteiger partial charge on any atom is 0.223 e. The lowest BCUT2D eigenvalue weighted by Gasteiger charge is -2.09. The molecule has 2 heterocycles. The van der Waals surface area contributed by atoms with Gasteiger partial charge in [0.05, 0.1) is 16.2 Å². The van der Waals surface area contributed by atoms with E-state index in [1.807, 2.05) is 5.38 Å². The van der Waals surface area contributed by atoms with Crippen molar-refractivity contribution in [2.45, 2.75) is 38.5 Å². The third-order valence-electron chi connectivity index (χ3n) is 3.63. The van der Waals surface area contributed by atoms with E-state index in [0.717, 1.165) is 22.0 Å². The molecule has 0 fully saturated rings. The van der Waals surface area contributed by atoms with Gasteiger partial charge >= 0.3 is 0 Å². The molecule has 0 saturated heterocycles. The molecule has 6 heteroatoms. The van der Waals surface area contributed by atoms with Gasteiger partial charge in [0.15, 0.2) is 5.13 Å². The summed E-state index contributed by atoms with van der Waals surface area (Å²) in [5.74, 6) is 0.639. The topological polar surface area (TPSA) is 54.9 Å². The van der Waals surface area contributed by atoms with Crippen LogP contribution in [0.3, 0.4) is 0 Å². The summed E-state index contributed by atoms with van der Waals surface area (Å²) in [6.45, 7) is 7.84. The molecular formula is C18H19N3OS2. The van der Waals surface area contributed by atoms with Gasteiger partial charge in [0.2, 0.25) is 5.91 Å². The summed E-state index contributed by atoms with van der Waals surface area (Å²) < 4.78 is 0. The largest absolute Gasteiger partial charge is 0.302 e. The lowest BCUT2D eigenvalue weighted by Crippen LogP contribution is -2.05. The maximum atomic E-state index is 11.1. The minimum atomic E-state index is -0.0962. The van der Waals surface area contributed by atoms with Crippen LogP contribution in [0.15, 0.2) is 28.6 Å². The molecule has 0 atom stereocenters. The summed E-state index contributed by atoms with van der Waals surface area (Å²) in [7, 11) is 0. The third-order valence-corrected chi connectivity index (χ3v) is 5.39. The van der Waals surface area contributed by atoms with Gasteiger partial charge < -0.3 is 5.32 Å². The number of hydrogen-bond donors (Lipinski definition) is 1. The second kappa shape index (κ2) is 6.91. The highest BCUT2D eigenvalue weighted by molar-refractivity contribution is 7.98. The van der Waals surface area contributed by atoms with Crippen molar-refractivity contribution in [3.8, 4) is 0 Å². The zero-order chi connectivity index (χ0) is 17.3. The summed E-state index contributed by atoms with van der Waals surface area (Å²) in [4.78, 5) is 20.3. The minimum Gasteiger partial charge on any atom is -0.302 e. The molecule has 0 unspecified atom stereocenters. The zero-order valence-corrected chi connectivity index (χ0v) is 15.8. The molecule has 1 aromatic carbocycles. The van der Waals surface area contributed by atoms with Crippen LogP contribution in [0.5, 0.6) is 0 Å². The molecule has 0 bridgehead atoms. The molecule has 0 spiro atoms. The van der Waals surface area contributed by atoms with E-state index in [-0.39, 0.29) is 5.91 Å². The molecule has 3 rings (SSSR count). The normalized spacial score (nSPS) is 11.0. The SMILES string of the molecule is CC(=O)Nc1nc(CSc2cc(C)c3cc(C)cc(C)c3n2)cs1. The van der Waals surface area contributed by atoms with Crippen molar-refractivity contribution in [3.05, 3.63) is 46.0 Å². The number of anilines is 1. The van der Waals surface area contributed by atoms with Gasteiger partial charge in [-0.3, -0.25) is 4.79 Å². The van der Waals surface area contributed by atoms with Gasteiger partial charge in [0, 0.05) is 23.4 Å². The zero-order valence-electron chi connectivity index (χ0n) is 14.1. The Morgan fingerprint density at radius 1 is 1.17 bits per heavy atom. The van der Waals surface area contributed by atoms with Crippen LogP contribution in [-0.4, -0.2) is 15.9 Å². The number of carbonyl (C=O) groups excluding carboxylic acids is 1. The first-order valence-electron chi connectivity index (χ1n) is 7.66. The van der Waals surface area contributed by atoms with Crippen molar-refractivity contribution in [1.82, 2.24) is 9.97 Å². The number of carbonyl (C=O) groups is 1. The monoisotopic (exact) mass is 357 g/mol. The fraction of sp³-hybridized carbons (Fsp3) is 0.278. The van der Waals surface area contributed by atoms with E-state index in [4.69, 9.17) is 4.98 Å². The molecule has 0 radical (unpaired) electrons. The van der Waals surface area contributed by atoms with Crippen LogP contribution in [0.2, 0.25) is 0 Å². The number of aryl methyl sites for hydroxylation is 3. The molecule has 4 nitrogen and oxygen atoms in total. The fourth-order valence-corrected chi connectivity index (χ4v) is 4.34. The van der Waals surface area contributed by atoms with Crippen molar-refractivity contribution in [3.63, 3.8) is 0 Å². The number of thioether (sulfide) groups is 1. The van der Waals surface area contributed by atoms with Gasteiger partial charge in [-0.15, -0.1) is 11.3 Å². The van der Waals surface area contributed by atoms with Gasteiger partial charge in [-0.2, -0.15) is 0 Å². The summed E-state index contributed by atoms with van der Waals surface area (Å²) in [6, 6.07) is 6.50. The van der Waals surface area contributed by atoms with Crippen LogP contribution in [-0.2, 0) is 10.5 Å². The Morgan fingerprint density at radius 3 is 2.71 bits per heavy atom. The Bertz CT molecular complexity index is 918. The van der Waals surface area contributed by atoms with E-state index in [2.05, 4.69) is 49.3 Å². The molecule has 1 N–H and O–H groups in total. The number of nitrogens with zero attached hydrogens (tertiary/aromatic N) is 2. The Labute approximate surface area is 149 Å². The number of aromatic nitrogens is 2. The highest BCUT2D eigenvalue weighted by Gasteiger charge is 2.09. The predicted molar refractivity (Wildman–Crippen MR) is 102 cm³/mol. The van der Waals surface area contributed by atoms with Crippen LogP contribution in [0.1, 0.15) is 29.3 Å². The average Bonchev–Trinajstić information content (AvgIpc) is 2.93. The average molecular weight is 358 g/mol. The lowest BCUT2D eigenvalue weighted by molar-refractivity contribution is -0.114. The Balaban J connectivity index is 1.80. The third kappa shape index (κ3) is 3.76. The van der Waals surface area contributed by atoms with Crippen LogP contribution in [0, 0.1) is 20.8 Å². The van der Waals surface area contributed by atoms with Crippen molar-refractivity contribution in [2.75, 3.05) is 5.32 Å². The Hall–Kier alpha value is -1.92. The van der Waals surface area contributed by atoms with Crippen LogP contribution in [0.4, 0.5) is 5.13 Å². The number of thiazole rings is 1. The Morgan fingerprint density at radius 2 is 1.96 bits per heavy atom. The van der Waals surface area contributed by atoms with E-state index in [1.165, 1.54) is 40.3 Å². The van der Waals surface area contributed by atoms with E-state index in [9.17, 15) is 4.79 Å². The number of pyridine rings is 1. The number of fused-ring (bicyclic) bond motifs is 1. The first-order chi connectivity index (χ1) is 11.4. The molecule has 0 aliphatic carbocycles. The molecule has 2 aromatic heterocycles.